The minimum absolute atomic E-state index is 0.659. The minimum Gasteiger partial charge on any atom is -0.292 e. The molecule has 19 heavy (non-hydrogen) atoms. The van der Waals surface area contributed by atoms with Gasteiger partial charge in [-0.05, 0) is 18.6 Å². The molecule has 0 aliphatic rings. The van der Waals surface area contributed by atoms with Crippen LogP contribution in [0.25, 0.3) is 0 Å². The maximum absolute atomic E-state index is 9.51. The van der Waals surface area contributed by atoms with Crippen LogP contribution in [-0.4, -0.2) is 0 Å². The average Bonchev–Trinajstić information content (AvgIpc) is 2.46. The average molecular weight is 315 g/mol. The summed E-state index contributed by atoms with van der Waals surface area (Å²) in [5.74, 6) is 0. The lowest BCUT2D eigenvalue weighted by atomic mass is 9.93. The molecule has 1 N–H and O–H groups in total. The van der Waals surface area contributed by atoms with Crippen LogP contribution < -0.4 is 5.32 Å². The van der Waals surface area contributed by atoms with Crippen molar-refractivity contribution in [3.05, 3.63) is 70.2 Å². The van der Waals surface area contributed by atoms with Crippen LogP contribution in [0, 0.1) is 11.3 Å². The third kappa shape index (κ3) is 3.23. The maximum Gasteiger partial charge on any atom is 0.130 e. The summed E-state index contributed by atoms with van der Waals surface area (Å²) in [6, 6.07) is 20.3. The summed E-state index contributed by atoms with van der Waals surface area (Å²) in [7, 11) is 0. The molecule has 0 aliphatic heterocycles. The van der Waals surface area contributed by atoms with Crippen molar-refractivity contribution in [3.8, 4) is 6.07 Å². The fourth-order valence-corrected chi connectivity index (χ4v) is 2.62. The lowest BCUT2D eigenvalue weighted by Crippen LogP contribution is -2.37. The lowest BCUT2D eigenvalue weighted by Gasteiger charge is -2.25. The van der Waals surface area contributed by atoms with Crippen molar-refractivity contribution in [1.29, 1.82) is 5.26 Å². The van der Waals surface area contributed by atoms with Crippen LogP contribution in [0.5, 0.6) is 0 Å². The monoisotopic (exact) mass is 314 g/mol. The molecule has 1 atom stereocenters. The van der Waals surface area contributed by atoms with Gasteiger partial charge >= 0.3 is 0 Å². The Balaban J connectivity index is 2.20. The SMILES string of the molecule is C[C@@](C#N)(NCc1ccccc1)c1ccccc1Br. The summed E-state index contributed by atoms with van der Waals surface area (Å²) in [5.41, 5.74) is 1.40. The summed E-state index contributed by atoms with van der Waals surface area (Å²) in [4.78, 5) is 0. The summed E-state index contributed by atoms with van der Waals surface area (Å²) in [5, 5.41) is 12.8. The number of nitrogens with zero attached hydrogens (tertiary/aromatic N) is 1. The summed E-state index contributed by atoms with van der Waals surface area (Å²) < 4.78 is 0.944. The van der Waals surface area contributed by atoms with E-state index in [0.29, 0.717) is 6.54 Å². The van der Waals surface area contributed by atoms with E-state index in [-0.39, 0.29) is 0 Å². The molecule has 0 radical (unpaired) electrons. The second-order valence-corrected chi connectivity index (χ2v) is 5.41. The number of hydrogen-bond donors (Lipinski definition) is 1. The molecule has 3 heteroatoms. The van der Waals surface area contributed by atoms with Gasteiger partial charge in [0.1, 0.15) is 5.54 Å². The van der Waals surface area contributed by atoms with Gasteiger partial charge in [0.05, 0.1) is 6.07 Å². The first kappa shape index (κ1) is 13.8. The van der Waals surface area contributed by atoms with Crippen molar-refractivity contribution in [2.45, 2.75) is 19.0 Å². The highest BCUT2D eigenvalue weighted by Crippen LogP contribution is 2.28. The molecule has 0 spiro atoms. The molecule has 0 bridgehead atoms. The summed E-state index contributed by atoms with van der Waals surface area (Å²) in [6.07, 6.45) is 0. The zero-order valence-corrected chi connectivity index (χ0v) is 12.3. The van der Waals surface area contributed by atoms with Crippen LogP contribution >= 0.6 is 15.9 Å². The molecule has 2 aromatic carbocycles. The smallest absolute Gasteiger partial charge is 0.130 e. The molecule has 0 heterocycles. The first-order chi connectivity index (χ1) is 9.15. The number of benzene rings is 2. The molecule has 96 valence electrons. The fraction of sp³-hybridized carbons (Fsp3) is 0.188. The second kappa shape index (κ2) is 6.01. The predicted octanol–water partition coefficient (Wildman–Crippen LogP) is 3.98. The van der Waals surface area contributed by atoms with Gasteiger partial charge in [-0.2, -0.15) is 5.26 Å². The van der Waals surface area contributed by atoms with Gasteiger partial charge in [-0.15, -0.1) is 0 Å². The van der Waals surface area contributed by atoms with E-state index in [1.165, 1.54) is 0 Å². The lowest BCUT2D eigenvalue weighted by molar-refractivity contribution is 0.462. The Hall–Kier alpha value is -1.63. The van der Waals surface area contributed by atoms with Crippen molar-refractivity contribution >= 4 is 15.9 Å². The highest BCUT2D eigenvalue weighted by Gasteiger charge is 2.27. The van der Waals surface area contributed by atoms with Crippen molar-refractivity contribution in [3.63, 3.8) is 0 Å². The highest BCUT2D eigenvalue weighted by molar-refractivity contribution is 9.10. The van der Waals surface area contributed by atoms with Gasteiger partial charge in [-0.25, -0.2) is 0 Å². The summed E-state index contributed by atoms with van der Waals surface area (Å²) >= 11 is 3.51. The third-order valence-corrected chi connectivity index (χ3v) is 3.82. The van der Waals surface area contributed by atoms with E-state index in [2.05, 4.69) is 27.3 Å². The number of hydrogen-bond acceptors (Lipinski definition) is 2. The van der Waals surface area contributed by atoms with Crippen molar-refractivity contribution < 1.29 is 0 Å². The van der Waals surface area contributed by atoms with Crippen LogP contribution in [0.2, 0.25) is 0 Å². The minimum atomic E-state index is -0.712. The Kier molecular flexibility index (Phi) is 4.36. The standard InChI is InChI=1S/C16H15BrN2/c1-16(12-18,14-9-5-6-10-15(14)17)19-11-13-7-3-2-4-8-13/h2-10,19H,11H2,1H3/t16-/m0/s1. The Labute approximate surface area is 122 Å². The van der Waals surface area contributed by atoms with Gasteiger partial charge < -0.3 is 0 Å². The molecule has 2 nitrogen and oxygen atoms in total. The molecule has 2 aromatic rings. The molecule has 0 amide bonds. The zero-order chi connectivity index (χ0) is 13.7. The van der Waals surface area contributed by atoms with Gasteiger partial charge in [0.25, 0.3) is 0 Å². The van der Waals surface area contributed by atoms with Crippen molar-refractivity contribution in [2.24, 2.45) is 0 Å². The van der Waals surface area contributed by atoms with Crippen LogP contribution in [0.1, 0.15) is 18.1 Å². The number of rotatable bonds is 4. The molecular formula is C16H15BrN2. The van der Waals surface area contributed by atoms with Crippen LogP contribution in [0.4, 0.5) is 0 Å². The molecular weight excluding hydrogens is 300 g/mol. The van der Waals surface area contributed by atoms with E-state index >= 15 is 0 Å². The van der Waals surface area contributed by atoms with Gasteiger partial charge in [-0.1, -0.05) is 64.5 Å². The van der Waals surface area contributed by atoms with E-state index in [9.17, 15) is 5.26 Å². The van der Waals surface area contributed by atoms with E-state index in [1.54, 1.807) is 0 Å². The fourth-order valence-electron chi connectivity index (χ4n) is 1.94. The first-order valence-electron chi connectivity index (χ1n) is 6.11. The van der Waals surface area contributed by atoms with E-state index in [0.717, 1.165) is 15.6 Å². The molecule has 0 saturated carbocycles. The largest absolute Gasteiger partial charge is 0.292 e. The normalized spacial score (nSPS) is 13.5. The van der Waals surface area contributed by atoms with Crippen LogP contribution in [0.15, 0.2) is 59.1 Å². The highest BCUT2D eigenvalue weighted by atomic mass is 79.9. The summed E-state index contributed by atoms with van der Waals surface area (Å²) in [6.45, 7) is 2.56. The van der Waals surface area contributed by atoms with Gasteiger partial charge in [0.2, 0.25) is 0 Å². The number of nitriles is 1. The first-order valence-corrected chi connectivity index (χ1v) is 6.90. The molecule has 0 aromatic heterocycles. The third-order valence-electron chi connectivity index (χ3n) is 3.13. The van der Waals surface area contributed by atoms with E-state index in [1.807, 2.05) is 61.5 Å². The van der Waals surface area contributed by atoms with E-state index in [4.69, 9.17) is 0 Å². The van der Waals surface area contributed by atoms with Gasteiger partial charge in [-0.3, -0.25) is 5.32 Å². The molecule has 2 rings (SSSR count). The zero-order valence-electron chi connectivity index (χ0n) is 10.7. The molecule has 0 aliphatic carbocycles. The number of nitrogens with one attached hydrogen (secondary N) is 1. The second-order valence-electron chi connectivity index (χ2n) is 4.56. The number of halogens is 1. The quantitative estimate of drug-likeness (QED) is 0.926. The Bertz CT molecular complexity index is 589. The van der Waals surface area contributed by atoms with Gasteiger partial charge in [0, 0.05) is 16.6 Å². The molecule has 0 saturated heterocycles. The van der Waals surface area contributed by atoms with Gasteiger partial charge in [0.15, 0.2) is 0 Å². The predicted molar refractivity (Wildman–Crippen MR) is 80.4 cm³/mol. The van der Waals surface area contributed by atoms with Crippen molar-refractivity contribution in [2.75, 3.05) is 0 Å². The molecule has 0 unspecified atom stereocenters. The Morgan fingerprint density at radius 3 is 2.37 bits per heavy atom. The Morgan fingerprint density at radius 1 is 1.11 bits per heavy atom. The Morgan fingerprint density at radius 2 is 1.74 bits per heavy atom. The van der Waals surface area contributed by atoms with Crippen LogP contribution in [0.3, 0.4) is 0 Å². The van der Waals surface area contributed by atoms with Crippen molar-refractivity contribution in [1.82, 2.24) is 5.32 Å². The van der Waals surface area contributed by atoms with E-state index < -0.39 is 5.54 Å². The molecule has 0 fully saturated rings. The topological polar surface area (TPSA) is 35.8 Å². The van der Waals surface area contributed by atoms with Crippen LogP contribution in [-0.2, 0) is 12.1 Å². The maximum atomic E-state index is 9.51.